The summed E-state index contributed by atoms with van der Waals surface area (Å²) in [7, 11) is 0. The highest BCUT2D eigenvalue weighted by molar-refractivity contribution is 5.92. The molecule has 0 saturated carbocycles. The largest absolute Gasteiger partial charge is 0.494 e. The van der Waals surface area contributed by atoms with Crippen LogP contribution in [0.3, 0.4) is 0 Å². The zero-order chi connectivity index (χ0) is 73.9. The first-order chi connectivity index (χ1) is 49.5. The van der Waals surface area contributed by atoms with E-state index in [-0.39, 0.29) is 93.4 Å². The molecule has 0 aliphatic carbocycles. The van der Waals surface area contributed by atoms with E-state index in [4.69, 9.17) is 56.8 Å². The summed E-state index contributed by atoms with van der Waals surface area (Å²) in [5, 5.41) is 0. The molecular weight excluding hydrogens is 1310 g/mol. The molecule has 0 aliphatic heterocycles. The van der Waals surface area contributed by atoms with E-state index in [0.717, 1.165) is 89.9 Å². The van der Waals surface area contributed by atoms with Crippen LogP contribution in [-0.2, 0) is 76.3 Å². The molecule has 0 aromatic heterocycles. The Bertz CT molecular complexity index is 2850. The van der Waals surface area contributed by atoms with Gasteiger partial charge in [-0.25, -0.2) is 14.4 Å². The van der Waals surface area contributed by atoms with E-state index in [2.05, 4.69) is 20.4 Å². The lowest BCUT2D eigenvalue weighted by molar-refractivity contribution is -0.146. The van der Waals surface area contributed by atoms with Crippen LogP contribution in [0, 0.1) is 0 Å². The number of hydrogen-bond acceptors (Lipinski definition) is 22. The van der Waals surface area contributed by atoms with Crippen molar-refractivity contribution >= 4 is 59.7 Å². The molecule has 3 aromatic rings. The van der Waals surface area contributed by atoms with Gasteiger partial charge in [-0.05, 0) is 253 Å². The van der Waals surface area contributed by atoms with Gasteiger partial charge in [0, 0.05) is 50.5 Å². The maximum atomic E-state index is 12.9. The van der Waals surface area contributed by atoms with Crippen LogP contribution in [0.1, 0.15) is 279 Å². The normalized spacial score (nSPS) is 11.1. The fourth-order valence-corrected chi connectivity index (χ4v) is 10.1. The predicted octanol–water partition coefficient (Wildman–Crippen LogP) is 16.6. The van der Waals surface area contributed by atoms with Crippen molar-refractivity contribution in [3.63, 3.8) is 0 Å². The molecule has 0 bridgehead atoms. The van der Waals surface area contributed by atoms with E-state index >= 15 is 0 Å². The van der Waals surface area contributed by atoms with E-state index < -0.39 is 17.9 Å². The number of unbranched alkanes of at least 4 members (excludes halogenated alkanes) is 19. The maximum Gasteiger partial charge on any atom is 0.343 e. The number of rotatable bonds is 62. The van der Waals surface area contributed by atoms with E-state index in [1.54, 1.807) is 79.7 Å². The quantitative estimate of drug-likeness (QED) is 0.0167. The molecule has 0 heterocycles. The van der Waals surface area contributed by atoms with Gasteiger partial charge in [-0.3, -0.25) is 33.6 Å². The molecule has 22 nitrogen and oxygen atoms in total. The van der Waals surface area contributed by atoms with Crippen molar-refractivity contribution in [1.29, 1.82) is 0 Å². The first kappa shape index (κ1) is 87.9. The summed E-state index contributed by atoms with van der Waals surface area (Å²) < 4.78 is 65.3. The van der Waals surface area contributed by atoms with Gasteiger partial charge in [0.25, 0.3) is 0 Å². The van der Waals surface area contributed by atoms with Gasteiger partial charge in [0.05, 0.1) is 76.7 Å². The molecule has 0 radical (unpaired) electrons. The second-order valence-corrected chi connectivity index (χ2v) is 25.3. The minimum absolute atomic E-state index is 0.0198. The van der Waals surface area contributed by atoms with Crippen LogP contribution in [0.15, 0.2) is 84.9 Å². The van der Waals surface area contributed by atoms with Crippen LogP contribution in [0.25, 0.3) is 0 Å². The Labute approximate surface area is 604 Å². The summed E-state index contributed by atoms with van der Waals surface area (Å²) in [4.78, 5) is 122. The average Bonchev–Trinajstić information content (AvgIpc) is 0.864. The van der Waals surface area contributed by atoms with Crippen LogP contribution in [0.4, 0.5) is 0 Å². The number of ether oxygens (including phenoxy) is 12. The zero-order valence-electron chi connectivity index (χ0n) is 61.2. The molecule has 568 valence electrons. The molecule has 0 saturated heterocycles. The summed E-state index contributed by atoms with van der Waals surface area (Å²) >= 11 is 0. The van der Waals surface area contributed by atoms with Crippen molar-refractivity contribution in [3.05, 3.63) is 96.1 Å². The lowest BCUT2D eigenvalue weighted by Crippen LogP contribution is -2.15. The molecule has 3 rings (SSSR count). The Kier molecular flexibility index (Phi) is 50.2. The van der Waals surface area contributed by atoms with Crippen LogP contribution in [0.2, 0.25) is 0 Å². The Morgan fingerprint density at radius 1 is 0.304 bits per heavy atom. The van der Waals surface area contributed by atoms with E-state index in [0.29, 0.717) is 195 Å². The Morgan fingerprint density at radius 3 is 0.863 bits per heavy atom. The number of hydrogen-bond donors (Lipinski definition) is 0. The van der Waals surface area contributed by atoms with Crippen LogP contribution < -0.4 is 18.9 Å². The van der Waals surface area contributed by atoms with Gasteiger partial charge in [0.2, 0.25) is 0 Å². The van der Waals surface area contributed by atoms with E-state index in [1.165, 1.54) is 6.42 Å². The molecule has 22 heteroatoms. The van der Waals surface area contributed by atoms with Gasteiger partial charge >= 0.3 is 59.7 Å². The Morgan fingerprint density at radius 2 is 0.569 bits per heavy atom. The lowest BCUT2D eigenvalue weighted by Gasteiger charge is -2.17. The highest BCUT2D eigenvalue weighted by atomic mass is 16.6. The molecule has 0 amide bonds. The van der Waals surface area contributed by atoms with E-state index in [1.807, 2.05) is 0 Å². The molecule has 1 atom stereocenters. The molecule has 0 aliphatic rings. The minimum atomic E-state index is -0.539. The third-order valence-corrected chi connectivity index (χ3v) is 16.2. The molecule has 1 unspecified atom stereocenters. The highest BCUT2D eigenvalue weighted by Crippen LogP contribution is 2.24. The van der Waals surface area contributed by atoms with E-state index in [9.17, 15) is 47.9 Å². The van der Waals surface area contributed by atoms with Crippen molar-refractivity contribution in [2.24, 2.45) is 0 Å². The van der Waals surface area contributed by atoms with Gasteiger partial charge in [-0.2, -0.15) is 0 Å². The van der Waals surface area contributed by atoms with Crippen molar-refractivity contribution in [3.8, 4) is 23.0 Å². The Hall–Kier alpha value is -8.30. The topological polar surface area (TPSA) is 281 Å². The first-order valence-electron chi connectivity index (χ1n) is 37.5. The zero-order valence-corrected chi connectivity index (χ0v) is 61.2. The molecule has 0 fully saturated rings. The smallest absolute Gasteiger partial charge is 0.343 e. The van der Waals surface area contributed by atoms with Crippen molar-refractivity contribution in [1.82, 2.24) is 0 Å². The van der Waals surface area contributed by atoms with Gasteiger partial charge < -0.3 is 56.8 Å². The lowest BCUT2D eigenvalue weighted by atomic mass is 10.1. The summed E-state index contributed by atoms with van der Waals surface area (Å²) in [6.07, 6.45) is 24.7. The third kappa shape index (κ3) is 47.0. The molecule has 3 aromatic carbocycles. The van der Waals surface area contributed by atoms with Gasteiger partial charge in [-0.1, -0.05) is 39.7 Å². The van der Waals surface area contributed by atoms with Crippen molar-refractivity contribution in [2.45, 2.75) is 264 Å². The van der Waals surface area contributed by atoms with Crippen LogP contribution in [-0.4, -0.2) is 125 Å². The van der Waals surface area contributed by atoms with Crippen LogP contribution in [0.5, 0.6) is 23.0 Å². The molecular formula is C80H116O22. The second-order valence-electron chi connectivity index (χ2n) is 25.3. The number of benzene rings is 3. The van der Waals surface area contributed by atoms with Gasteiger partial charge in [0.15, 0.2) is 0 Å². The SMILES string of the molecule is C=C(C)C(=O)OCCCCCC(=O)OCCCCCC(=O)OCCCCCC(=O)OCCCCCC(=O)OCCCCCC(=O)OCCCCCC(=O)OCCCCCC(=O)OCCCCCC(CC)Oc1ccc(C(=O)Oc2ccc(OC(=O)c3ccc(OCCCCCC)cc3)cc2)cc1. The molecule has 0 spiro atoms. The highest BCUT2D eigenvalue weighted by Gasteiger charge is 2.16. The standard InChI is InChI=1S/C80H116O22/c1-5-7-8-25-54-91-67-46-42-64(43-47-67)79(89)101-69-50-52-70(53-51-69)102-80(90)65-44-48-68(49-45-65)100-66(6-2)34-17-9-26-55-92-71(81)35-18-10-27-56-93-72(82)36-19-11-28-57-94-73(83)37-20-12-29-58-95-74(84)38-21-13-30-59-96-75(85)39-22-14-31-60-97-76(86)40-23-15-32-61-98-77(87)41-24-16-33-62-99-78(88)63(3)4/h42-53,66H,3,5-41,54-62H2,1-2,4H3. The third-order valence-electron chi connectivity index (χ3n) is 16.2. The molecule has 0 N–H and O–H groups in total. The average molecular weight is 1430 g/mol. The van der Waals surface area contributed by atoms with Crippen molar-refractivity contribution < 1.29 is 105 Å². The summed E-state index contributed by atoms with van der Waals surface area (Å²) in [5.41, 5.74) is 1.10. The molecule has 102 heavy (non-hydrogen) atoms. The van der Waals surface area contributed by atoms with Gasteiger partial charge in [-0.15, -0.1) is 0 Å². The van der Waals surface area contributed by atoms with Gasteiger partial charge in [0.1, 0.15) is 23.0 Å². The summed E-state index contributed by atoms with van der Waals surface area (Å²) in [6, 6.07) is 19.9. The van der Waals surface area contributed by atoms with Crippen molar-refractivity contribution in [2.75, 3.05) is 59.5 Å². The summed E-state index contributed by atoms with van der Waals surface area (Å²) in [6.45, 7) is 12.4. The number of carbonyl (C=O) groups is 10. The fourth-order valence-electron chi connectivity index (χ4n) is 10.1. The fraction of sp³-hybridized carbons (Fsp3) is 0.625. The van der Waals surface area contributed by atoms with Crippen LogP contribution >= 0.6 is 0 Å². The summed E-state index contributed by atoms with van der Waals surface area (Å²) in [5.74, 6) is -1.39. The second kappa shape index (κ2) is 58.2. The number of carbonyl (C=O) groups excluding carboxylic acids is 10. The minimum Gasteiger partial charge on any atom is -0.494 e. The maximum absolute atomic E-state index is 12.9. The predicted molar refractivity (Wildman–Crippen MR) is 384 cm³/mol. The number of esters is 10. The monoisotopic (exact) mass is 1430 g/mol. The Balaban J connectivity index is 1.02. The first-order valence-corrected chi connectivity index (χ1v) is 37.5.